The monoisotopic (exact) mass is 418 g/mol. The number of amides is 2. The number of hydrogen-bond donors (Lipinski definition) is 1. The number of carbonyl (C=O) groups excluding carboxylic acids is 2. The van der Waals surface area contributed by atoms with Gasteiger partial charge in [-0.05, 0) is 31.0 Å². The highest BCUT2D eigenvalue weighted by atomic mass is 32.1. The van der Waals surface area contributed by atoms with Crippen LogP contribution in [-0.2, 0) is 16.0 Å². The molecule has 1 fully saturated rings. The Bertz CT molecular complexity index is 1090. The van der Waals surface area contributed by atoms with Crippen molar-refractivity contribution in [3.63, 3.8) is 0 Å². The van der Waals surface area contributed by atoms with Crippen LogP contribution in [0.15, 0.2) is 65.1 Å². The van der Waals surface area contributed by atoms with Gasteiger partial charge < -0.3 is 4.90 Å². The summed E-state index contributed by atoms with van der Waals surface area (Å²) in [6.45, 7) is 2.58. The zero-order chi connectivity index (χ0) is 20.9. The molecule has 1 aromatic heterocycles. The Morgan fingerprint density at radius 3 is 2.80 bits per heavy atom. The average molecular weight is 419 g/mol. The zero-order valence-corrected chi connectivity index (χ0v) is 17.5. The van der Waals surface area contributed by atoms with Crippen LogP contribution >= 0.6 is 11.3 Å². The van der Waals surface area contributed by atoms with E-state index in [1.165, 1.54) is 11.3 Å². The molecule has 4 rings (SSSR count). The first-order valence-electron chi connectivity index (χ1n) is 9.84. The van der Waals surface area contributed by atoms with Crippen LogP contribution in [0.25, 0.3) is 11.3 Å². The maximum absolute atomic E-state index is 12.3. The fourth-order valence-electron chi connectivity index (χ4n) is 3.34. The number of nitrogens with one attached hydrogen (secondary N) is 1. The second kappa shape index (κ2) is 9.00. The number of nitrogens with zero attached hydrogens (tertiary/aromatic N) is 3. The first kappa shape index (κ1) is 20.0. The lowest BCUT2D eigenvalue weighted by molar-refractivity contribution is -0.120. The number of rotatable bonds is 6. The van der Waals surface area contributed by atoms with Crippen molar-refractivity contribution < 1.29 is 9.59 Å². The molecule has 1 saturated heterocycles. The molecule has 1 aliphatic heterocycles. The summed E-state index contributed by atoms with van der Waals surface area (Å²) < 4.78 is 0. The molecule has 2 aromatic carbocycles. The highest BCUT2D eigenvalue weighted by Gasteiger charge is 2.21. The third-order valence-electron chi connectivity index (χ3n) is 4.93. The van der Waals surface area contributed by atoms with Gasteiger partial charge in [-0.3, -0.25) is 9.59 Å². The largest absolute Gasteiger partial charge is 0.312 e. The van der Waals surface area contributed by atoms with E-state index in [-0.39, 0.29) is 18.2 Å². The van der Waals surface area contributed by atoms with Crippen LogP contribution in [0.2, 0.25) is 0 Å². The molecule has 2 heterocycles. The average Bonchev–Trinajstić information content (AvgIpc) is 3.42. The van der Waals surface area contributed by atoms with Crippen LogP contribution in [0, 0.1) is 0 Å². The minimum atomic E-state index is -0.214. The highest BCUT2D eigenvalue weighted by molar-refractivity contribution is 7.10. The van der Waals surface area contributed by atoms with Crippen LogP contribution in [0.5, 0.6) is 0 Å². The van der Waals surface area contributed by atoms with Crippen molar-refractivity contribution in [2.45, 2.75) is 26.2 Å². The van der Waals surface area contributed by atoms with Crippen LogP contribution in [0.3, 0.4) is 0 Å². The molecule has 2 amide bonds. The lowest BCUT2D eigenvalue weighted by Crippen LogP contribution is -2.24. The molecule has 0 spiro atoms. The summed E-state index contributed by atoms with van der Waals surface area (Å²) in [7, 11) is 0. The Labute approximate surface area is 179 Å². The predicted molar refractivity (Wildman–Crippen MR) is 120 cm³/mol. The van der Waals surface area contributed by atoms with E-state index in [2.05, 4.69) is 15.5 Å². The van der Waals surface area contributed by atoms with Gasteiger partial charge in [0, 0.05) is 29.6 Å². The van der Waals surface area contributed by atoms with E-state index < -0.39 is 0 Å². The van der Waals surface area contributed by atoms with Crippen LogP contribution in [0.1, 0.15) is 30.3 Å². The molecule has 0 saturated carbocycles. The summed E-state index contributed by atoms with van der Waals surface area (Å²) in [4.78, 5) is 30.6. The quantitative estimate of drug-likeness (QED) is 0.485. The second-order valence-corrected chi connectivity index (χ2v) is 8.04. The summed E-state index contributed by atoms with van der Waals surface area (Å²) in [6.07, 6.45) is 1.65. The van der Waals surface area contributed by atoms with Gasteiger partial charge >= 0.3 is 0 Å². The molecule has 0 atom stereocenters. The van der Waals surface area contributed by atoms with Crippen molar-refractivity contribution in [2.75, 3.05) is 11.4 Å². The molecule has 1 N–H and O–H groups in total. The highest BCUT2D eigenvalue weighted by Crippen LogP contribution is 2.23. The molecule has 1 aliphatic rings. The van der Waals surface area contributed by atoms with E-state index >= 15 is 0 Å². The molecular weight excluding hydrogens is 396 g/mol. The van der Waals surface area contributed by atoms with Crippen molar-refractivity contribution in [3.8, 4) is 11.3 Å². The third-order valence-corrected chi connectivity index (χ3v) is 5.78. The Hall–Kier alpha value is -3.32. The van der Waals surface area contributed by atoms with E-state index in [1.54, 1.807) is 4.90 Å². The van der Waals surface area contributed by atoms with Gasteiger partial charge in [0.25, 0.3) is 0 Å². The number of carbonyl (C=O) groups is 2. The minimum absolute atomic E-state index is 0.147. The first-order chi connectivity index (χ1) is 14.6. The lowest BCUT2D eigenvalue weighted by Gasteiger charge is -2.16. The van der Waals surface area contributed by atoms with E-state index in [0.717, 1.165) is 40.5 Å². The topological polar surface area (TPSA) is 74.7 Å². The van der Waals surface area contributed by atoms with Gasteiger partial charge in [0.1, 0.15) is 5.01 Å². The summed E-state index contributed by atoms with van der Waals surface area (Å²) in [5.74, 6) is -0.0671. The summed E-state index contributed by atoms with van der Waals surface area (Å²) in [6, 6.07) is 17.6. The second-order valence-electron chi connectivity index (χ2n) is 7.10. The van der Waals surface area contributed by atoms with Crippen LogP contribution in [0.4, 0.5) is 5.69 Å². The number of anilines is 1. The molecule has 30 heavy (non-hydrogen) atoms. The normalized spacial score (nSPS) is 14.2. The van der Waals surface area contributed by atoms with Crippen LogP contribution < -0.4 is 10.3 Å². The smallest absolute Gasteiger partial charge is 0.246 e. The number of thiazole rings is 1. The molecule has 0 unspecified atom stereocenters. The van der Waals surface area contributed by atoms with E-state index in [0.29, 0.717) is 12.1 Å². The number of aromatic nitrogens is 1. The molecule has 3 aromatic rings. The van der Waals surface area contributed by atoms with Gasteiger partial charge in [-0.15, -0.1) is 11.3 Å². The van der Waals surface area contributed by atoms with Crippen molar-refractivity contribution in [2.24, 2.45) is 5.10 Å². The Kier molecular flexibility index (Phi) is 5.99. The molecule has 0 aliphatic carbocycles. The number of benzene rings is 2. The lowest BCUT2D eigenvalue weighted by atomic mass is 10.1. The van der Waals surface area contributed by atoms with Crippen molar-refractivity contribution in [3.05, 3.63) is 70.5 Å². The number of hydrogen-bond acceptors (Lipinski definition) is 5. The van der Waals surface area contributed by atoms with Crippen molar-refractivity contribution >= 4 is 34.6 Å². The maximum atomic E-state index is 12.3. The zero-order valence-electron chi connectivity index (χ0n) is 16.7. The van der Waals surface area contributed by atoms with E-state index in [1.807, 2.05) is 66.9 Å². The Morgan fingerprint density at radius 2 is 2.03 bits per heavy atom. The number of hydrazone groups is 1. The van der Waals surface area contributed by atoms with Gasteiger partial charge in [-0.1, -0.05) is 42.5 Å². The maximum Gasteiger partial charge on any atom is 0.246 e. The molecular formula is C23H22N4O2S. The molecule has 6 nitrogen and oxygen atoms in total. The van der Waals surface area contributed by atoms with Gasteiger partial charge in [0.15, 0.2) is 0 Å². The molecule has 0 radical (unpaired) electrons. The molecule has 7 heteroatoms. The fourth-order valence-corrected chi connectivity index (χ4v) is 4.14. The summed E-state index contributed by atoms with van der Waals surface area (Å²) in [5.41, 5.74) is 6.93. The van der Waals surface area contributed by atoms with Crippen LogP contribution in [-0.4, -0.2) is 29.1 Å². The summed E-state index contributed by atoms with van der Waals surface area (Å²) in [5, 5.41) is 6.93. The standard InChI is InChI=1S/C23H22N4O2S/c1-16(18-9-5-10-19(13-18)27-12-6-11-23(27)29)25-26-21(28)14-22-24-20(15-30-22)17-7-3-2-4-8-17/h2-5,7-10,13,15H,6,11-12,14H2,1H3,(H,26,28)/b25-16-. The van der Waals surface area contributed by atoms with Gasteiger partial charge in [0.05, 0.1) is 17.8 Å². The van der Waals surface area contributed by atoms with E-state index in [9.17, 15) is 9.59 Å². The Balaban J connectivity index is 1.38. The minimum Gasteiger partial charge on any atom is -0.312 e. The van der Waals surface area contributed by atoms with Crippen molar-refractivity contribution in [1.82, 2.24) is 10.4 Å². The Morgan fingerprint density at radius 1 is 1.20 bits per heavy atom. The van der Waals surface area contributed by atoms with E-state index in [4.69, 9.17) is 0 Å². The van der Waals surface area contributed by atoms with Gasteiger partial charge in [0.2, 0.25) is 11.8 Å². The SMILES string of the molecule is C/C(=N/NC(=O)Cc1nc(-c2ccccc2)cs1)c1cccc(N2CCCC2=O)c1. The fraction of sp³-hybridized carbons (Fsp3) is 0.217. The third kappa shape index (κ3) is 4.63. The molecule has 0 bridgehead atoms. The summed E-state index contributed by atoms with van der Waals surface area (Å²) >= 11 is 1.46. The first-order valence-corrected chi connectivity index (χ1v) is 10.7. The van der Waals surface area contributed by atoms with Gasteiger partial charge in [-0.2, -0.15) is 5.10 Å². The van der Waals surface area contributed by atoms with Crippen molar-refractivity contribution in [1.29, 1.82) is 0 Å². The van der Waals surface area contributed by atoms with Gasteiger partial charge in [-0.25, -0.2) is 10.4 Å². The molecule has 152 valence electrons. The predicted octanol–water partition coefficient (Wildman–Crippen LogP) is 4.02.